The van der Waals surface area contributed by atoms with Gasteiger partial charge in [-0.3, -0.25) is 15.0 Å². The van der Waals surface area contributed by atoms with Crippen LogP contribution in [-0.2, 0) is 0 Å². The summed E-state index contributed by atoms with van der Waals surface area (Å²) in [6.07, 6.45) is 4.09. The summed E-state index contributed by atoms with van der Waals surface area (Å²) in [5.74, 6) is 2.09. The van der Waals surface area contributed by atoms with Crippen LogP contribution in [0.1, 0.15) is 30.3 Å². The third kappa shape index (κ3) is 4.43. The molecule has 0 unspecified atom stereocenters. The van der Waals surface area contributed by atoms with Gasteiger partial charge in [0.05, 0.1) is 17.2 Å². The van der Waals surface area contributed by atoms with Gasteiger partial charge in [-0.2, -0.15) is 0 Å². The molecule has 1 aromatic carbocycles. The Morgan fingerprint density at radius 1 is 1.21 bits per heavy atom. The second-order valence-electron chi connectivity index (χ2n) is 7.18. The first kappa shape index (κ1) is 19.1. The predicted molar refractivity (Wildman–Crippen MR) is 110 cm³/mol. The molecule has 1 aliphatic heterocycles. The van der Waals surface area contributed by atoms with Crippen molar-refractivity contribution in [1.82, 2.24) is 14.9 Å². The van der Waals surface area contributed by atoms with Crippen molar-refractivity contribution in [3.05, 3.63) is 70.3 Å². The highest BCUT2D eigenvalue weighted by atomic mass is 16.6. The molecule has 0 radical (unpaired) electrons. The second-order valence-corrected chi connectivity index (χ2v) is 7.18. The normalized spacial score (nSPS) is 15.3. The number of nitro benzene ring substituents is 1. The molecule has 0 saturated carbocycles. The maximum Gasteiger partial charge on any atom is 0.270 e. The summed E-state index contributed by atoms with van der Waals surface area (Å²) in [5, 5.41) is 14.5. The van der Waals surface area contributed by atoms with Crippen molar-refractivity contribution >= 4 is 11.5 Å². The Balaban J connectivity index is 1.56. The van der Waals surface area contributed by atoms with Crippen LogP contribution in [0, 0.1) is 17.0 Å². The molecular formula is C21H23N5O3. The average Bonchev–Trinajstić information content (AvgIpc) is 3.43. The average molecular weight is 393 g/mol. The number of non-ortho nitro benzene ring substituents is 1. The number of aryl methyl sites for hydroxylation is 1. The van der Waals surface area contributed by atoms with E-state index in [-0.39, 0.29) is 11.7 Å². The molecule has 1 fully saturated rings. The Hall–Kier alpha value is -3.26. The van der Waals surface area contributed by atoms with E-state index in [0.717, 1.165) is 24.5 Å². The predicted octanol–water partition coefficient (Wildman–Crippen LogP) is 4.20. The minimum Gasteiger partial charge on any atom is -0.468 e. The summed E-state index contributed by atoms with van der Waals surface area (Å²) >= 11 is 0. The largest absolute Gasteiger partial charge is 0.468 e. The van der Waals surface area contributed by atoms with E-state index in [0.29, 0.717) is 23.8 Å². The molecule has 4 rings (SSSR count). The first-order valence-electron chi connectivity index (χ1n) is 9.72. The van der Waals surface area contributed by atoms with Crippen molar-refractivity contribution in [2.45, 2.75) is 25.8 Å². The van der Waals surface area contributed by atoms with E-state index in [1.54, 1.807) is 18.4 Å². The van der Waals surface area contributed by atoms with E-state index < -0.39 is 4.92 Å². The van der Waals surface area contributed by atoms with Crippen LogP contribution >= 0.6 is 0 Å². The number of hydrogen-bond donors (Lipinski definition) is 1. The van der Waals surface area contributed by atoms with Crippen LogP contribution < -0.4 is 5.32 Å². The van der Waals surface area contributed by atoms with Gasteiger partial charge in [-0.05, 0) is 45.0 Å². The lowest BCUT2D eigenvalue weighted by Gasteiger charge is -2.26. The van der Waals surface area contributed by atoms with Crippen LogP contribution in [0.3, 0.4) is 0 Å². The Morgan fingerprint density at radius 2 is 2.03 bits per heavy atom. The minimum absolute atomic E-state index is 0.0223. The standard InChI is InChI=1S/C21H23N5O3/c1-15-12-20(24-21(23-15)16-6-4-7-17(13-16)26(27)28)22-14-18(19-8-5-11-29-19)25-9-2-3-10-25/h4-8,11-13,18H,2-3,9-10,14H2,1H3,(H,22,23,24)/t18-/m1/s1. The lowest BCUT2D eigenvalue weighted by atomic mass is 10.2. The molecule has 1 saturated heterocycles. The molecule has 3 aromatic rings. The van der Waals surface area contributed by atoms with Gasteiger partial charge in [-0.25, -0.2) is 9.97 Å². The highest BCUT2D eigenvalue weighted by Gasteiger charge is 2.25. The van der Waals surface area contributed by atoms with Gasteiger partial charge in [0.1, 0.15) is 11.6 Å². The lowest BCUT2D eigenvalue weighted by Crippen LogP contribution is -2.31. The topological polar surface area (TPSA) is 97.3 Å². The molecule has 29 heavy (non-hydrogen) atoms. The molecule has 2 aromatic heterocycles. The first-order chi connectivity index (χ1) is 14.1. The number of nitro groups is 1. The van der Waals surface area contributed by atoms with Gasteiger partial charge in [-0.15, -0.1) is 0 Å². The van der Waals surface area contributed by atoms with Gasteiger partial charge in [0.25, 0.3) is 5.69 Å². The molecule has 8 nitrogen and oxygen atoms in total. The summed E-state index contributed by atoms with van der Waals surface area (Å²) < 4.78 is 5.67. The summed E-state index contributed by atoms with van der Waals surface area (Å²) in [7, 11) is 0. The lowest BCUT2D eigenvalue weighted by molar-refractivity contribution is -0.384. The van der Waals surface area contributed by atoms with Gasteiger partial charge in [0.15, 0.2) is 5.82 Å². The number of nitrogens with zero attached hydrogens (tertiary/aromatic N) is 4. The van der Waals surface area contributed by atoms with Crippen molar-refractivity contribution in [3.63, 3.8) is 0 Å². The zero-order chi connectivity index (χ0) is 20.2. The smallest absolute Gasteiger partial charge is 0.270 e. The number of nitrogens with one attached hydrogen (secondary N) is 1. The number of anilines is 1. The molecule has 8 heteroatoms. The van der Waals surface area contributed by atoms with E-state index in [9.17, 15) is 10.1 Å². The number of benzene rings is 1. The van der Waals surface area contributed by atoms with Gasteiger partial charge in [-0.1, -0.05) is 12.1 Å². The van der Waals surface area contributed by atoms with Crippen LogP contribution in [0.2, 0.25) is 0 Å². The van der Waals surface area contributed by atoms with Crippen molar-refractivity contribution in [1.29, 1.82) is 0 Å². The van der Waals surface area contributed by atoms with Crippen molar-refractivity contribution in [2.75, 3.05) is 25.0 Å². The Labute approximate surface area is 168 Å². The summed E-state index contributed by atoms with van der Waals surface area (Å²) in [6.45, 7) is 4.64. The van der Waals surface area contributed by atoms with E-state index in [2.05, 4.69) is 20.2 Å². The van der Waals surface area contributed by atoms with Crippen LogP contribution in [0.5, 0.6) is 0 Å². The van der Waals surface area contributed by atoms with E-state index >= 15 is 0 Å². The Bertz CT molecular complexity index is 984. The van der Waals surface area contributed by atoms with Crippen molar-refractivity contribution in [3.8, 4) is 11.4 Å². The molecule has 0 spiro atoms. The van der Waals surface area contributed by atoms with E-state index in [4.69, 9.17) is 4.42 Å². The maximum atomic E-state index is 11.1. The molecule has 1 aliphatic rings. The number of furan rings is 1. The highest BCUT2D eigenvalue weighted by Crippen LogP contribution is 2.27. The number of rotatable bonds is 7. The zero-order valence-corrected chi connectivity index (χ0v) is 16.2. The molecule has 1 N–H and O–H groups in total. The third-order valence-electron chi connectivity index (χ3n) is 5.10. The SMILES string of the molecule is Cc1cc(NC[C@H](c2ccco2)N2CCCC2)nc(-c2cccc([N+](=O)[O-])c2)n1. The Kier molecular flexibility index (Phi) is 5.53. The summed E-state index contributed by atoms with van der Waals surface area (Å²) in [4.78, 5) is 22.1. The molecule has 0 aliphatic carbocycles. The highest BCUT2D eigenvalue weighted by molar-refractivity contribution is 5.61. The van der Waals surface area contributed by atoms with Crippen molar-refractivity contribution < 1.29 is 9.34 Å². The van der Waals surface area contributed by atoms with Crippen molar-refractivity contribution in [2.24, 2.45) is 0 Å². The van der Waals surface area contributed by atoms with E-state index in [1.165, 1.54) is 25.0 Å². The second kappa shape index (κ2) is 8.40. The number of aromatic nitrogens is 2. The van der Waals surface area contributed by atoms with Crippen LogP contribution in [0.15, 0.2) is 53.1 Å². The first-order valence-corrected chi connectivity index (χ1v) is 9.72. The van der Waals surface area contributed by atoms with Gasteiger partial charge in [0, 0.05) is 36.0 Å². The van der Waals surface area contributed by atoms with E-state index in [1.807, 2.05) is 25.1 Å². The molecule has 0 amide bonds. The van der Waals surface area contributed by atoms with Crippen LogP contribution in [0.25, 0.3) is 11.4 Å². The number of hydrogen-bond acceptors (Lipinski definition) is 7. The number of likely N-dealkylation sites (tertiary alicyclic amines) is 1. The third-order valence-corrected chi connectivity index (χ3v) is 5.10. The molecule has 0 bridgehead atoms. The molecule has 1 atom stereocenters. The fourth-order valence-corrected chi connectivity index (χ4v) is 3.69. The monoisotopic (exact) mass is 393 g/mol. The molecule has 3 heterocycles. The fraction of sp³-hybridized carbons (Fsp3) is 0.333. The molecular weight excluding hydrogens is 370 g/mol. The van der Waals surface area contributed by atoms with Gasteiger partial charge >= 0.3 is 0 Å². The fourth-order valence-electron chi connectivity index (χ4n) is 3.69. The minimum atomic E-state index is -0.414. The maximum absolute atomic E-state index is 11.1. The quantitative estimate of drug-likeness (QED) is 0.474. The molecule has 150 valence electrons. The van der Waals surface area contributed by atoms with Crippen LogP contribution in [0.4, 0.5) is 11.5 Å². The van der Waals surface area contributed by atoms with Gasteiger partial charge < -0.3 is 9.73 Å². The Morgan fingerprint density at radius 3 is 2.76 bits per heavy atom. The van der Waals surface area contributed by atoms with Gasteiger partial charge in [0.2, 0.25) is 0 Å². The summed E-state index contributed by atoms with van der Waals surface area (Å²) in [6, 6.07) is 12.3. The zero-order valence-electron chi connectivity index (χ0n) is 16.2. The summed E-state index contributed by atoms with van der Waals surface area (Å²) in [5.41, 5.74) is 1.43. The van der Waals surface area contributed by atoms with Crippen LogP contribution in [-0.4, -0.2) is 39.4 Å².